The molecule has 10 nitrogen and oxygen atoms in total. The number of benzene rings is 2. The highest BCUT2D eigenvalue weighted by molar-refractivity contribution is 5.96. The molecule has 1 fully saturated rings. The lowest BCUT2D eigenvalue weighted by Gasteiger charge is -2.31. The highest BCUT2D eigenvalue weighted by atomic mass is 19.4. The van der Waals surface area contributed by atoms with Gasteiger partial charge >= 0.3 is 6.36 Å². The quantitative estimate of drug-likeness (QED) is 0.399. The normalized spacial score (nSPS) is 15.3. The molecule has 1 atom stereocenters. The number of rotatable bonds is 6. The molecule has 0 saturated carbocycles. The third-order valence-electron chi connectivity index (χ3n) is 6.50. The maximum absolute atomic E-state index is 13.3. The Labute approximate surface area is 220 Å². The topological polar surface area (TPSA) is 104 Å². The zero-order valence-corrected chi connectivity index (χ0v) is 21.1. The monoisotopic (exact) mass is 542 g/mol. The molecule has 0 radical (unpaired) electrons. The van der Waals surface area contributed by atoms with Crippen LogP contribution in [0.5, 0.6) is 5.75 Å². The van der Waals surface area contributed by atoms with Gasteiger partial charge in [0.1, 0.15) is 6.33 Å². The van der Waals surface area contributed by atoms with E-state index < -0.39 is 29.6 Å². The molecule has 0 bridgehead atoms. The first-order valence-corrected chi connectivity index (χ1v) is 12.1. The Hall–Kier alpha value is -4.23. The van der Waals surface area contributed by atoms with Crippen molar-refractivity contribution in [2.24, 2.45) is 7.05 Å². The molecule has 0 aliphatic carbocycles. The number of carbonyl (C=O) groups is 1. The number of fused-ring (bicyclic) bond motifs is 1. The Morgan fingerprint density at radius 1 is 1.13 bits per heavy atom. The van der Waals surface area contributed by atoms with E-state index in [9.17, 15) is 22.8 Å². The average Bonchev–Trinajstić information content (AvgIpc) is 3.35. The van der Waals surface area contributed by atoms with Gasteiger partial charge in [0.2, 0.25) is 5.91 Å². The Morgan fingerprint density at radius 2 is 1.90 bits per heavy atom. The van der Waals surface area contributed by atoms with Crippen molar-refractivity contribution < 1.29 is 27.4 Å². The van der Waals surface area contributed by atoms with Gasteiger partial charge in [0.05, 0.1) is 47.7 Å². The van der Waals surface area contributed by atoms with E-state index in [2.05, 4.69) is 20.1 Å². The smallest absolute Gasteiger partial charge is 0.404 e. The summed E-state index contributed by atoms with van der Waals surface area (Å²) in [6.45, 7) is 3.60. The van der Waals surface area contributed by atoms with Gasteiger partial charge in [0.15, 0.2) is 5.75 Å². The first kappa shape index (κ1) is 26.4. The minimum absolute atomic E-state index is 0.203. The van der Waals surface area contributed by atoms with Crippen LogP contribution in [0.3, 0.4) is 0 Å². The summed E-state index contributed by atoms with van der Waals surface area (Å²) in [7, 11) is 1.80. The molecule has 1 saturated heterocycles. The molecule has 4 aromatic rings. The molecule has 2 aromatic carbocycles. The van der Waals surface area contributed by atoms with Crippen molar-refractivity contribution in [2.75, 3.05) is 31.6 Å². The SMILES string of the molecule is CC(C(=O)Nc1cc(-n2cnc3cc(-c4cnn(C)c4)ccc3c2=O)ccc1OC(F)(F)F)N1CCOCC1. The van der Waals surface area contributed by atoms with Crippen LogP contribution >= 0.6 is 0 Å². The molecule has 204 valence electrons. The number of alkyl halides is 3. The van der Waals surface area contributed by atoms with E-state index in [1.54, 1.807) is 43.0 Å². The van der Waals surface area contributed by atoms with Crippen LogP contribution in [0.25, 0.3) is 27.7 Å². The predicted molar refractivity (Wildman–Crippen MR) is 137 cm³/mol. The van der Waals surface area contributed by atoms with E-state index in [-0.39, 0.29) is 11.4 Å². The van der Waals surface area contributed by atoms with Crippen LogP contribution in [-0.2, 0) is 16.6 Å². The summed E-state index contributed by atoms with van der Waals surface area (Å²) in [5.74, 6) is -1.12. The first-order chi connectivity index (χ1) is 18.6. The van der Waals surface area contributed by atoms with Crippen molar-refractivity contribution >= 4 is 22.5 Å². The Kier molecular flexibility index (Phi) is 7.10. The van der Waals surface area contributed by atoms with Gasteiger partial charge in [0, 0.05) is 31.9 Å². The largest absolute Gasteiger partial charge is 0.573 e. The van der Waals surface area contributed by atoms with Crippen molar-refractivity contribution in [2.45, 2.75) is 19.3 Å². The van der Waals surface area contributed by atoms with E-state index in [4.69, 9.17) is 4.74 Å². The van der Waals surface area contributed by atoms with Crippen molar-refractivity contribution in [3.05, 3.63) is 65.5 Å². The molecule has 3 heterocycles. The number of ether oxygens (including phenoxy) is 2. The highest BCUT2D eigenvalue weighted by Crippen LogP contribution is 2.32. The zero-order chi connectivity index (χ0) is 27.7. The molecule has 1 aliphatic rings. The number of aryl methyl sites for hydroxylation is 1. The highest BCUT2D eigenvalue weighted by Gasteiger charge is 2.33. The summed E-state index contributed by atoms with van der Waals surface area (Å²) >= 11 is 0. The first-order valence-electron chi connectivity index (χ1n) is 12.1. The molecule has 2 aromatic heterocycles. The lowest BCUT2D eigenvalue weighted by molar-refractivity contribution is -0.274. The summed E-state index contributed by atoms with van der Waals surface area (Å²) in [6, 6.07) is 8.14. The summed E-state index contributed by atoms with van der Waals surface area (Å²) in [5, 5.41) is 7.00. The van der Waals surface area contributed by atoms with Crippen LogP contribution in [0.1, 0.15) is 6.92 Å². The standard InChI is InChI=1S/C26H25F3N6O4/c1-16(34-7-9-38-10-8-34)24(36)32-22-12-19(4-6-23(22)39-26(27,28)29)35-15-30-21-11-17(3-5-20(21)25(35)37)18-13-31-33(2)14-18/h3-6,11-16H,7-10H2,1-2H3,(H,32,36). The second kappa shape index (κ2) is 10.5. The van der Waals surface area contributed by atoms with Crippen LogP contribution in [0.4, 0.5) is 18.9 Å². The van der Waals surface area contributed by atoms with Gasteiger partial charge < -0.3 is 14.8 Å². The van der Waals surface area contributed by atoms with E-state index in [0.29, 0.717) is 37.2 Å². The molecular formula is C26H25F3N6O4. The molecule has 1 N–H and O–H groups in total. The van der Waals surface area contributed by atoms with E-state index in [1.807, 2.05) is 11.1 Å². The van der Waals surface area contributed by atoms with E-state index >= 15 is 0 Å². The van der Waals surface area contributed by atoms with Crippen molar-refractivity contribution in [1.29, 1.82) is 0 Å². The Balaban J connectivity index is 1.49. The average molecular weight is 543 g/mol. The number of anilines is 1. The number of carbonyl (C=O) groups excluding carboxylic acids is 1. The third-order valence-corrected chi connectivity index (χ3v) is 6.50. The number of aromatic nitrogens is 4. The second-order valence-corrected chi connectivity index (χ2v) is 9.10. The minimum atomic E-state index is -4.98. The van der Waals surface area contributed by atoms with Gasteiger partial charge in [0.25, 0.3) is 5.56 Å². The van der Waals surface area contributed by atoms with E-state index in [0.717, 1.165) is 17.2 Å². The fourth-order valence-corrected chi connectivity index (χ4v) is 4.40. The van der Waals surface area contributed by atoms with Crippen molar-refractivity contribution in [1.82, 2.24) is 24.2 Å². The van der Waals surface area contributed by atoms with Crippen LogP contribution in [-0.4, -0.2) is 68.8 Å². The number of hydrogen-bond donors (Lipinski definition) is 1. The van der Waals surface area contributed by atoms with Gasteiger partial charge in [-0.15, -0.1) is 13.2 Å². The zero-order valence-electron chi connectivity index (χ0n) is 21.1. The second-order valence-electron chi connectivity index (χ2n) is 9.10. The maximum atomic E-state index is 13.3. The number of halogens is 3. The molecule has 13 heteroatoms. The lowest BCUT2D eigenvalue weighted by Crippen LogP contribution is -2.47. The van der Waals surface area contributed by atoms with Crippen LogP contribution in [0.2, 0.25) is 0 Å². The summed E-state index contributed by atoms with van der Waals surface area (Å²) in [4.78, 5) is 32.5. The maximum Gasteiger partial charge on any atom is 0.573 e. The molecule has 0 spiro atoms. The van der Waals surface area contributed by atoms with Gasteiger partial charge in [-0.2, -0.15) is 5.10 Å². The van der Waals surface area contributed by atoms with Gasteiger partial charge in [-0.05, 0) is 42.8 Å². The van der Waals surface area contributed by atoms with Gasteiger partial charge in [-0.3, -0.25) is 23.7 Å². The molecule has 1 amide bonds. The fraction of sp³-hybridized carbons (Fsp3) is 0.308. The molecule has 1 unspecified atom stereocenters. The summed E-state index contributed by atoms with van der Waals surface area (Å²) in [5.41, 5.74) is 1.68. The van der Waals surface area contributed by atoms with Gasteiger partial charge in [-0.25, -0.2) is 4.98 Å². The lowest BCUT2D eigenvalue weighted by atomic mass is 10.1. The molecule has 5 rings (SSSR count). The van der Waals surface area contributed by atoms with E-state index in [1.165, 1.54) is 23.0 Å². The Bertz CT molecular complexity index is 1580. The minimum Gasteiger partial charge on any atom is -0.404 e. The van der Waals surface area contributed by atoms with Crippen LogP contribution < -0.4 is 15.6 Å². The fourth-order valence-electron chi connectivity index (χ4n) is 4.40. The molecule has 39 heavy (non-hydrogen) atoms. The number of amides is 1. The third kappa shape index (κ3) is 5.78. The number of morpholine rings is 1. The number of hydrogen-bond acceptors (Lipinski definition) is 7. The van der Waals surface area contributed by atoms with Gasteiger partial charge in [-0.1, -0.05) is 6.07 Å². The van der Waals surface area contributed by atoms with Crippen LogP contribution in [0, 0.1) is 0 Å². The summed E-state index contributed by atoms with van der Waals surface area (Å²) in [6.07, 6.45) is -0.158. The van der Waals surface area contributed by atoms with Crippen molar-refractivity contribution in [3.63, 3.8) is 0 Å². The summed E-state index contributed by atoms with van der Waals surface area (Å²) < 4.78 is 51.6. The number of nitrogens with one attached hydrogen (secondary N) is 1. The predicted octanol–water partition coefficient (Wildman–Crippen LogP) is 3.34. The van der Waals surface area contributed by atoms with Crippen LogP contribution in [0.15, 0.2) is 59.9 Å². The molecule has 1 aliphatic heterocycles. The molecular weight excluding hydrogens is 517 g/mol. The van der Waals surface area contributed by atoms with Crippen molar-refractivity contribution in [3.8, 4) is 22.6 Å². The Morgan fingerprint density at radius 3 is 2.59 bits per heavy atom. The number of nitrogens with zero attached hydrogens (tertiary/aromatic N) is 5.